The smallest absolute Gasteiger partial charge is 0.0193 e. The van der Waals surface area contributed by atoms with Crippen LogP contribution >= 0.6 is 0 Å². The highest BCUT2D eigenvalue weighted by atomic mass is 14.7. The molecule has 1 aromatic rings. The molecule has 12 fully saturated rings. The topological polar surface area (TPSA) is 0 Å². The van der Waals surface area contributed by atoms with Gasteiger partial charge in [0.25, 0.3) is 0 Å². The molecule has 12 aliphatic carbocycles. The van der Waals surface area contributed by atoms with Crippen LogP contribution in [0.2, 0.25) is 0 Å². The maximum Gasteiger partial charge on any atom is -0.0193 e. The molecule has 63 heavy (non-hydrogen) atoms. The zero-order chi connectivity index (χ0) is 45.3. The summed E-state index contributed by atoms with van der Waals surface area (Å²) in [6, 6.07) is 10.6. The molecule has 10 bridgehead atoms. The van der Waals surface area contributed by atoms with Gasteiger partial charge in [-0.2, -0.15) is 0 Å². The Bertz CT molecular complexity index is 1590. The summed E-state index contributed by atoms with van der Waals surface area (Å²) in [6.45, 7) is 38.4. The Hall–Kier alpha value is -0.780. The molecular weight excluding hydrogens is 757 g/mol. The van der Waals surface area contributed by atoms with Crippen molar-refractivity contribution in [3.05, 3.63) is 35.9 Å². The minimum absolute atomic E-state index is 0.709. The van der Waals surface area contributed by atoms with Gasteiger partial charge in [0.2, 0.25) is 0 Å². The van der Waals surface area contributed by atoms with Crippen LogP contribution in [0.25, 0.3) is 0 Å². The summed E-state index contributed by atoms with van der Waals surface area (Å²) in [6.07, 6.45) is 18.5. The fourth-order valence-electron chi connectivity index (χ4n) is 21.0. The third-order valence-electron chi connectivity index (χ3n) is 25.0. The van der Waals surface area contributed by atoms with E-state index in [2.05, 4.69) is 127 Å². The Kier molecular flexibility index (Phi) is 15.2. The van der Waals surface area contributed by atoms with Crippen LogP contribution in [0, 0.1) is 166 Å². The van der Waals surface area contributed by atoms with Crippen LogP contribution in [0.4, 0.5) is 0 Å². The zero-order valence-corrected chi connectivity index (χ0v) is 44.6. The van der Waals surface area contributed by atoms with Crippen molar-refractivity contribution in [2.45, 2.75) is 194 Å². The van der Waals surface area contributed by atoms with Crippen LogP contribution in [0.15, 0.2) is 30.3 Å². The van der Waals surface area contributed by atoms with Crippen LogP contribution in [-0.2, 0) is 0 Å². The molecular formula is C63H106. The number of hydrogen-bond donors (Lipinski definition) is 0. The van der Waals surface area contributed by atoms with Gasteiger partial charge in [0.05, 0.1) is 0 Å². The molecule has 0 heterocycles. The van der Waals surface area contributed by atoms with Gasteiger partial charge >= 0.3 is 0 Å². The molecule has 0 aliphatic heterocycles. The summed E-state index contributed by atoms with van der Waals surface area (Å²) in [5, 5.41) is 0. The Morgan fingerprint density at radius 2 is 0.857 bits per heavy atom. The second-order valence-corrected chi connectivity index (χ2v) is 26.9. The second-order valence-electron chi connectivity index (χ2n) is 26.9. The normalized spacial score (nSPS) is 54.9. The van der Waals surface area contributed by atoms with E-state index in [0.717, 1.165) is 154 Å². The van der Waals surface area contributed by atoms with Crippen LogP contribution < -0.4 is 0 Å². The SMILES string of the molecule is CC.CC1CC2C3CC(CC3C)C2C1C.CC1CC2CC1C(C)C2C.CC1CC2CC1C1C3CC(C(C)C3C)C21.CC1CCC2C3CC(C(C)C3C)C12.CCC(C)c1ccccc1. The van der Waals surface area contributed by atoms with Crippen molar-refractivity contribution in [1.29, 1.82) is 0 Å². The molecule has 0 N–H and O–H groups in total. The first-order valence-corrected chi connectivity index (χ1v) is 29.2. The lowest BCUT2D eigenvalue weighted by molar-refractivity contribution is 0.0508. The fraction of sp³-hybridized carbons (Fsp3) is 0.905. The molecule has 0 amide bonds. The molecule has 12 aliphatic rings. The molecule has 0 aromatic heterocycles. The van der Waals surface area contributed by atoms with E-state index in [9.17, 15) is 0 Å². The molecule has 1 aromatic carbocycles. The average Bonchev–Trinajstić information content (AvgIpc) is 4.14. The van der Waals surface area contributed by atoms with Gasteiger partial charge in [-0.3, -0.25) is 0 Å². The Morgan fingerprint density at radius 1 is 0.365 bits per heavy atom. The molecule has 0 nitrogen and oxygen atoms in total. The monoisotopic (exact) mass is 863 g/mol. The summed E-state index contributed by atoms with van der Waals surface area (Å²) in [4.78, 5) is 0. The van der Waals surface area contributed by atoms with Crippen LogP contribution in [0.5, 0.6) is 0 Å². The standard InChI is InChI=1S/C15H24.2C13H22.C10H18.C10H14.C2H6/c1-7-4-10-5-11(7)15-13-6-12(14(10)15)8(2)9(13)3;1-7-5-12-11-6-10(4-8(11)2)13(12)9(7)3;1-7-4-5-10-11-6-12(13(7)10)9(3)8(11)2;1-6-4-9-5-10(6)8(3)7(9)2;1-3-9(2)10-7-5-4-6-8-10;1-2/h7-15H,4-6H2,1-3H3;2*7-13H,4-6H2,1-3H3;6-10H,4-5H2,1-3H3;4-9H,3H2,1-2H3;1-2H3. The lowest BCUT2D eigenvalue weighted by atomic mass is 9.62. The molecule has 29 unspecified atom stereocenters. The summed E-state index contributed by atoms with van der Waals surface area (Å²) < 4.78 is 0. The maximum absolute atomic E-state index is 2.54. The zero-order valence-electron chi connectivity index (χ0n) is 44.6. The Morgan fingerprint density at radius 3 is 1.46 bits per heavy atom. The number of rotatable bonds is 2. The largest absolute Gasteiger partial charge is 0.0683 e. The van der Waals surface area contributed by atoms with Gasteiger partial charge in [0.1, 0.15) is 0 Å². The van der Waals surface area contributed by atoms with Crippen molar-refractivity contribution in [3.8, 4) is 0 Å². The predicted molar refractivity (Wildman–Crippen MR) is 273 cm³/mol. The molecule has 0 radical (unpaired) electrons. The van der Waals surface area contributed by atoms with Gasteiger partial charge in [0.15, 0.2) is 0 Å². The fourth-order valence-corrected chi connectivity index (χ4v) is 21.0. The van der Waals surface area contributed by atoms with Gasteiger partial charge in [-0.05, 0) is 248 Å². The average molecular weight is 864 g/mol. The van der Waals surface area contributed by atoms with E-state index in [1.54, 1.807) is 57.8 Å². The quantitative estimate of drug-likeness (QED) is 0.260. The van der Waals surface area contributed by atoms with Gasteiger partial charge in [-0.15, -0.1) is 0 Å². The van der Waals surface area contributed by atoms with E-state index in [-0.39, 0.29) is 0 Å². The van der Waals surface area contributed by atoms with Crippen molar-refractivity contribution in [2.75, 3.05) is 0 Å². The summed E-state index contributed by atoms with van der Waals surface area (Å²) in [5.74, 6) is 31.3. The molecule has 358 valence electrons. The summed E-state index contributed by atoms with van der Waals surface area (Å²) in [7, 11) is 0. The van der Waals surface area contributed by atoms with Crippen molar-refractivity contribution >= 4 is 0 Å². The van der Waals surface area contributed by atoms with E-state index in [1.165, 1.54) is 36.7 Å². The van der Waals surface area contributed by atoms with Gasteiger partial charge in [0, 0.05) is 0 Å². The lowest BCUT2D eigenvalue weighted by Gasteiger charge is -2.43. The predicted octanol–water partition coefficient (Wildman–Crippen LogP) is 18.1. The molecule has 0 saturated heterocycles. The van der Waals surface area contributed by atoms with Crippen LogP contribution in [-0.4, -0.2) is 0 Å². The number of hydrogen-bond acceptors (Lipinski definition) is 0. The third-order valence-corrected chi connectivity index (χ3v) is 25.0. The van der Waals surface area contributed by atoms with E-state index in [0.29, 0.717) is 5.92 Å². The Balaban J connectivity index is 0.000000108. The third kappa shape index (κ3) is 8.58. The first-order valence-electron chi connectivity index (χ1n) is 29.2. The van der Waals surface area contributed by atoms with Gasteiger partial charge in [-0.1, -0.05) is 148 Å². The number of benzene rings is 1. The van der Waals surface area contributed by atoms with Crippen molar-refractivity contribution in [3.63, 3.8) is 0 Å². The van der Waals surface area contributed by atoms with Crippen molar-refractivity contribution in [2.24, 2.45) is 166 Å². The molecule has 0 heteroatoms. The molecule has 0 spiro atoms. The lowest BCUT2D eigenvalue weighted by Crippen LogP contribution is -2.38. The van der Waals surface area contributed by atoms with E-state index >= 15 is 0 Å². The minimum atomic E-state index is 0.709. The highest BCUT2D eigenvalue weighted by Crippen LogP contribution is 2.71. The molecule has 12 saturated carbocycles. The minimum Gasteiger partial charge on any atom is -0.0683 e. The highest BCUT2D eigenvalue weighted by Gasteiger charge is 2.65. The van der Waals surface area contributed by atoms with Crippen LogP contribution in [0.1, 0.15) is 199 Å². The van der Waals surface area contributed by atoms with Crippen molar-refractivity contribution in [1.82, 2.24) is 0 Å². The van der Waals surface area contributed by atoms with E-state index in [1.807, 2.05) is 13.8 Å². The van der Waals surface area contributed by atoms with Gasteiger partial charge < -0.3 is 0 Å². The summed E-state index contributed by atoms with van der Waals surface area (Å²) >= 11 is 0. The Labute approximate surface area is 393 Å². The molecule has 13 rings (SSSR count). The van der Waals surface area contributed by atoms with Gasteiger partial charge in [-0.25, -0.2) is 0 Å². The van der Waals surface area contributed by atoms with E-state index in [4.69, 9.17) is 0 Å². The number of fused-ring (bicyclic) bond motifs is 21. The second kappa shape index (κ2) is 19.7. The van der Waals surface area contributed by atoms with Crippen molar-refractivity contribution < 1.29 is 0 Å². The first-order chi connectivity index (χ1) is 30.1. The first kappa shape index (κ1) is 48.7. The maximum atomic E-state index is 2.54. The van der Waals surface area contributed by atoms with E-state index < -0.39 is 0 Å². The highest BCUT2D eigenvalue weighted by molar-refractivity contribution is 5.18. The van der Waals surface area contributed by atoms with Crippen LogP contribution in [0.3, 0.4) is 0 Å². The summed E-state index contributed by atoms with van der Waals surface area (Å²) in [5.41, 5.74) is 1.45. The molecule has 29 atom stereocenters.